The third kappa shape index (κ3) is 7.29. The van der Waals surface area contributed by atoms with Crippen molar-refractivity contribution in [2.45, 2.75) is 0 Å². The van der Waals surface area contributed by atoms with Gasteiger partial charge in [0.05, 0.1) is 11.4 Å². The van der Waals surface area contributed by atoms with E-state index >= 15 is 0 Å². The first-order chi connectivity index (χ1) is 22.7. The van der Waals surface area contributed by atoms with Gasteiger partial charge in [-0.1, -0.05) is 146 Å². The van der Waals surface area contributed by atoms with E-state index in [0.29, 0.717) is 5.82 Å². The Bertz CT molecular complexity index is 2110. The van der Waals surface area contributed by atoms with E-state index < -0.39 is 0 Å². The summed E-state index contributed by atoms with van der Waals surface area (Å²) in [7, 11) is 0. The van der Waals surface area contributed by atoms with Crippen molar-refractivity contribution < 1.29 is 0 Å². The van der Waals surface area contributed by atoms with Crippen molar-refractivity contribution in [1.29, 1.82) is 0 Å². The fraction of sp³-hybridized carbons (Fsp3) is 0. The molecule has 3 heteroatoms. The molecular weight excluding hydrogens is 558 g/mol. The molecule has 5 aromatic carbocycles. The minimum Gasteiger partial charge on any atom is -0.273 e. The average molecular weight is 592 g/mol. The first kappa shape index (κ1) is 29.9. The maximum absolute atomic E-state index is 5.04. The Balaban J connectivity index is 1.37. The Morgan fingerprint density at radius 1 is 0.587 bits per heavy atom. The summed E-state index contributed by atoms with van der Waals surface area (Å²) in [6.45, 7) is 7.49. The third-order valence-corrected chi connectivity index (χ3v) is 7.62. The van der Waals surface area contributed by atoms with Crippen LogP contribution in [0.2, 0.25) is 0 Å². The summed E-state index contributed by atoms with van der Waals surface area (Å²) >= 11 is 0. The zero-order chi connectivity index (χ0) is 31.6. The van der Waals surface area contributed by atoms with Crippen molar-refractivity contribution >= 4 is 35.2 Å². The van der Waals surface area contributed by atoms with E-state index in [1.165, 1.54) is 16.3 Å². The molecule has 1 heterocycles. The topological polar surface area (TPSA) is 38.1 Å². The molecule has 0 saturated carbocycles. The van der Waals surface area contributed by atoms with Crippen molar-refractivity contribution in [2.75, 3.05) is 0 Å². The van der Waals surface area contributed by atoms with Crippen molar-refractivity contribution in [3.05, 3.63) is 187 Å². The summed E-state index contributed by atoms with van der Waals surface area (Å²) in [4.78, 5) is 13.8. The second kappa shape index (κ2) is 14.5. The molecule has 6 aromatic rings. The van der Waals surface area contributed by atoms with E-state index in [0.717, 1.165) is 44.8 Å². The molecule has 0 radical (unpaired) electrons. The Kier molecular flexibility index (Phi) is 9.43. The first-order valence-corrected chi connectivity index (χ1v) is 15.1. The van der Waals surface area contributed by atoms with Crippen LogP contribution < -0.4 is 0 Å². The molecule has 220 valence electrons. The van der Waals surface area contributed by atoms with Gasteiger partial charge in [-0.2, -0.15) is 0 Å². The van der Waals surface area contributed by atoms with Crippen LogP contribution in [0.1, 0.15) is 16.8 Å². The number of benzene rings is 5. The molecule has 0 atom stereocenters. The van der Waals surface area contributed by atoms with Crippen LogP contribution in [0.15, 0.2) is 176 Å². The van der Waals surface area contributed by atoms with Gasteiger partial charge in [-0.05, 0) is 75.7 Å². The predicted molar refractivity (Wildman–Crippen MR) is 197 cm³/mol. The van der Waals surface area contributed by atoms with E-state index in [-0.39, 0.29) is 0 Å². The standard InChI is InChI=1S/C43H33N3/c1-3-33(34-15-5-4-6-16-34)19-12-21-41-31-42(40-20-11-14-32(29-40)13-9-10-28-44-2)46-43(45-41)37-25-22-36(23-26-37)39-27-24-35-17-7-8-18-38(35)30-39/h3-31H,1-2H2/b13-9+,21-12+,28-10-,33-19+. The second-order valence-corrected chi connectivity index (χ2v) is 10.7. The van der Waals surface area contributed by atoms with Crippen molar-refractivity contribution in [3.63, 3.8) is 0 Å². The highest BCUT2D eigenvalue weighted by Gasteiger charge is 2.09. The zero-order valence-corrected chi connectivity index (χ0v) is 25.5. The molecule has 6 rings (SSSR count). The molecule has 3 nitrogen and oxygen atoms in total. The Morgan fingerprint density at radius 3 is 2.15 bits per heavy atom. The molecular formula is C43H33N3. The molecule has 1 aromatic heterocycles. The molecule has 0 spiro atoms. The van der Waals surface area contributed by atoms with Crippen LogP contribution in [0.5, 0.6) is 0 Å². The number of allylic oxidation sites excluding steroid dienone is 6. The third-order valence-electron chi connectivity index (χ3n) is 7.62. The summed E-state index contributed by atoms with van der Waals surface area (Å²) in [6.07, 6.45) is 15.4. The summed E-state index contributed by atoms with van der Waals surface area (Å²) in [5, 5.41) is 2.46. The van der Waals surface area contributed by atoms with Crippen LogP contribution in [0.25, 0.3) is 62.3 Å². The molecule has 0 N–H and O–H groups in total. The van der Waals surface area contributed by atoms with E-state index in [1.54, 1.807) is 6.20 Å². The average Bonchev–Trinajstić information content (AvgIpc) is 3.12. The highest BCUT2D eigenvalue weighted by Crippen LogP contribution is 2.29. The summed E-state index contributed by atoms with van der Waals surface area (Å²) < 4.78 is 0. The van der Waals surface area contributed by atoms with Crippen LogP contribution in [-0.4, -0.2) is 16.7 Å². The van der Waals surface area contributed by atoms with Gasteiger partial charge in [-0.25, -0.2) is 9.97 Å². The van der Waals surface area contributed by atoms with E-state index in [9.17, 15) is 0 Å². The van der Waals surface area contributed by atoms with Gasteiger partial charge in [0.25, 0.3) is 0 Å². The van der Waals surface area contributed by atoms with Gasteiger partial charge < -0.3 is 0 Å². The number of hydrogen-bond acceptors (Lipinski definition) is 3. The number of nitrogens with zero attached hydrogens (tertiary/aromatic N) is 3. The van der Waals surface area contributed by atoms with Gasteiger partial charge in [0.2, 0.25) is 0 Å². The predicted octanol–water partition coefficient (Wildman–Crippen LogP) is 11.1. The Labute approximate surface area is 270 Å². The van der Waals surface area contributed by atoms with Gasteiger partial charge in [-0.3, -0.25) is 4.99 Å². The molecule has 0 bridgehead atoms. The van der Waals surface area contributed by atoms with Gasteiger partial charge in [-0.15, -0.1) is 0 Å². The summed E-state index contributed by atoms with van der Waals surface area (Å²) in [5.41, 5.74) is 9.15. The van der Waals surface area contributed by atoms with Crippen LogP contribution >= 0.6 is 0 Å². The lowest BCUT2D eigenvalue weighted by Crippen LogP contribution is -1.95. The molecule has 0 fully saturated rings. The minimum absolute atomic E-state index is 0.666. The fourth-order valence-corrected chi connectivity index (χ4v) is 5.25. The lowest BCUT2D eigenvalue weighted by molar-refractivity contribution is 1.16. The minimum atomic E-state index is 0.666. The van der Waals surface area contributed by atoms with Gasteiger partial charge >= 0.3 is 0 Å². The zero-order valence-electron chi connectivity index (χ0n) is 25.5. The lowest BCUT2D eigenvalue weighted by atomic mass is 10.00. The highest BCUT2D eigenvalue weighted by atomic mass is 14.9. The largest absolute Gasteiger partial charge is 0.273 e. The maximum atomic E-state index is 5.04. The lowest BCUT2D eigenvalue weighted by Gasteiger charge is -2.09. The van der Waals surface area contributed by atoms with Crippen molar-refractivity contribution in [3.8, 4) is 33.8 Å². The van der Waals surface area contributed by atoms with E-state index in [1.807, 2.05) is 66.8 Å². The van der Waals surface area contributed by atoms with Crippen LogP contribution in [0.4, 0.5) is 0 Å². The number of aliphatic imine (C=N–C) groups is 1. The van der Waals surface area contributed by atoms with Crippen LogP contribution in [-0.2, 0) is 0 Å². The molecule has 0 aliphatic carbocycles. The van der Waals surface area contributed by atoms with Gasteiger partial charge in [0.1, 0.15) is 0 Å². The van der Waals surface area contributed by atoms with Crippen molar-refractivity contribution in [1.82, 2.24) is 9.97 Å². The molecule has 0 aliphatic heterocycles. The summed E-state index contributed by atoms with van der Waals surface area (Å²) in [6, 6.07) is 44.0. The number of aromatic nitrogens is 2. The van der Waals surface area contributed by atoms with Crippen LogP contribution in [0, 0.1) is 0 Å². The number of hydrogen-bond donors (Lipinski definition) is 0. The van der Waals surface area contributed by atoms with Gasteiger partial charge in [0, 0.05) is 17.3 Å². The first-order valence-electron chi connectivity index (χ1n) is 15.1. The van der Waals surface area contributed by atoms with Crippen LogP contribution in [0.3, 0.4) is 0 Å². The monoisotopic (exact) mass is 591 g/mol. The van der Waals surface area contributed by atoms with Crippen molar-refractivity contribution in [2.24, 2.45) is 4.99 Å². The molecule has 46 heavy (non-hydrogen) atoms. The Hall–Kier alpha value is -6.19. The van der Waals surface area contributed by atoms with Gasteiger partial charge in [0.15, 0.2) is 5.82 Å². The smallest absolute Gasteiger partial charge is 0.160 e. The normalized spacial score (nSPS) is 12.0. The summed E-state index contributed by atoms with van der Waals surface area (Å²) in [5.74, 6) is 0.666. The Morgan fingerprint density at radius 2 is 1.35 bits per heavy atom. The van der Waals surface area contributed by atoms with E-state index in [2.05, 4.69) is 121 Å². The fourth-order valence-electron chi connectivity index (χ4n) is 5.25. The quantitative estimate of drug-likeness (QED) is 0.117. The number of fused-ring (bicyclic) bond motifs is 1. The highest BCUT2D eigenvalue weighted by molar-refractivity contribution is 5.87. The SMILES string of the molecule is C=C/C(=C\C=C\c1cc(-c2cccc(/C=C/C=C\N=C)c2)nc(-c2ccc(-c3ccc4ccccc4c3)cc2)n1)c1ccccc1. The molecule has 0 saturated heterocycles. The molecule has 0 aliphatic rings. The number of rotatable bonds is 10. The molecule has 0 unspecified atom stereocenters. The second-order valence-electron chi connectivity index (χ2n) is 10.7. The van der Waals surface area contributed by atoms with E-state index in [4.69, 9.17) is 9.97 Å². The maximum Gasteiger partial charge on any atom is 0.160 e. The molecule has 0 amide bonds.